The van der Waals surface area contributed by atoms with Crippen LogP contribution in [-0.2, 0) is 10.2 Å². The van der Waals surface area contributed by atoms with E-state index in [2.05, 4.69) is 20.7 Å². The Hall–Kier alpha value is -0.640. The minimum Gasteiger partial charge on any atom is -0.431 e. The zero-order valence-corrected chi connectivity index (χ0v) is 11.1. The fourth-order valence-electron chi connectivity index (χ4n) is 0.998. The predicted octanol–water partition coefficient (Wildman–Crippen LogP) is 2.32. The lowest BCUT2D eigenvalue weighted by atomic mass is 10.3. The van der Waals surface area contributed by atoms with Crippen LogP contribution in [0.2, 0.25) is 5.02 Å². The van der Waals surface area contributed by atoms with Gasteiger partial charge in [-0.05, 0) is 28.1 Å². The standard InChI is InChI=1S/C7H6BrClF2N2O3S/c8-4-1-3(9)2-5(13-17(12,14)15)6(4)16-7(10)11/h1-2,7,13H,(H2,12,14,15). The van der Waals surface area contributed by atoms with Crippen molar-refractivity contribution in [3.8, 4) is 5.75 Å². The van der Waals surface area contributed by atoms with E-state index in [9.17, 15) is 17.2 Å². The molecule has 0 aliphatic carbocycles. The van der Waals surface area contributed by atoms with Crippen molar-refractivity contribution in [2.75, 3.05) is 4.72 Å². The van der Waals surface area contributed by atoms with E-state index in [0.717, 1.165) is 6.07 Å². The summed E-state index contributed by atoms with van der Waals surface area (Å²) in [6.07, 6.45) is 0. The second kappa shape index (κ2) is 5.34. The number of nitrogens with two attached hydrogens (primary N) is 1. The average Bonchev–Trinajstić information content (AvgIpc) is 2.07. The lowest BCUT2D eigenvalue weighted by Gasteiger charge is -2.13. The van der Waals surface area contributed by atoms with Crippen molar-refractivity contribution in [2.45, 2.75) is 6.61 Å². The molecule has 0 saturated heterocycles. The third-order valence-corrected chi connectivity index (χ3v) is 2.78. The molecule has 10 heteroatoms. The summed E-state index contributed by atoms with van der Waals surface area (Å²) in [5.41, 5.74) is -0.285. The van der Waals surface area contributed by atoms with Gasteiger partial charge in [0, 0.05) is 5.02 Å². The van der Waals surface area contributed by atoms with Crippen molar-refractivity contribution in [2.24, 2.45) is 5.14 Å². The molecule has 0 spiro atoms. The molecule has 1 rings (SSSR count). The largest absolute Gasteiger partial charge is 0.431 e. The van der Waals surface area contributed by atoms with Crippen molar-refractivity contribution in [1.29, 1.82) is 0 Å². The minimum absolute atomic E-state index is 0.0662. The Balaban J connectivity index is 3.25. The molecule has 96 valence electrons. The van der Waals surface area contributed by atoms with Crippen LogP contribution in [0.3, 0.4) is 0 Å². The molecule has 1 aromatic carbocycles. The van der Waals surface area contributed by atoms with Crippen LogP contribution in [0.25, 0.3) is 0 Å². The summed E-state index contributed by atoms with van der Waals surface area (Å²) < 4.78 is 51.9. The Labute approximate surface area is 109 Å². The molecule has 0 heterocycles. The summed E-state index contributed by atoms with van der Waals surface area (Å²) in [7, 11) is -4.12. The fourth-order valence-corrected chi connectivity index (χ4v) is 2.36. The average molecular weight is 352 g/mol. The summed E-state index contributed by atoms with van der Waals surface area (Å²) in [4.78, 5) is 0. The third kappa shape index (κ3) is 4.62. The summed E-state index contributed by atoms with van der Waals surface area (Å²) in [5, 5.41) is 4.84. The molecule has 0 aromatic heterocycles. The van der Waals surface area contributed by atoms with Crippen LogP contribution < -0.4 is 14.6 Å². The van der Waals surface area contributed by atoms with Gasteiger partial charge in [-0.2, -0.15) is 17.2 Å². The Morgan fingerprint density at radius 2 is 2.06 bits per heavy atom. The van der Waals surface area contributed by atoms with Gasteiger partial charge in [0.25, 0.3) is 10.2 Å². The van der Waals surface area contributed by atoms with Crippen LogP contribution in [0, 0.1) is 0 Å². The topological polar surface area (TPSA) is 81.4 Å². The number of rotatable bonds is 4. The van der Waals surface area contributed by atoms with Crippen molar-refractivity contribution in [1.82, 2.24) is 0 Å². The smallest absolute Gasteiger partial charge is 0.387 e. The molecule has 0 saturated carbocycles. The molecular formula is C7H6BrClF2N2O3S. The monoisotopic (exact) mass is 350 g/mol. The molecule has 3 N–H and O–H groups in total. The number of hydrogen-bond donors (Lipinski definition) is 2. The van der Waals surface area contributed by atoms with Gasteiger partial charge in [-0.1, -0.05) is 11.6 Å². The predicted molar refractivity (Wildman–Crippen MR) is 62.5 cm³/mol. The van der Waals surface area contributed by atoms with E-state index in [1.807, 2.05) is 4.72 Å². The highest BCUT2D eigenvalue weighted by molar-refractivity contribution is 9.10. The van der Waals surface area contributed by atoms with E-state index in [1.54, 1.807) is 0 Å². The third-order valence-electron chi connectivity index (χ3n) is 1.47. The summed E-state index contributed by atoms with van der Waals surface area (Å²) >= 11 is 8.55. The van der Waals surface area contributed by atoms with Crippen molar-refractivity contribution in [3.05, 3.63) is 21.6 Å². The van der Waals surface area contributed by atoms with Gasteiger partial charge in [-0.15, -0.1) is 0 Å². The molecule has 1 aromatic rings. The van der Waals surface area contributed by atoms with E-state index in [-0.39, 0.29) is 15.2 Å². The highest BCUT2D eigenvalue weighted by Gasteiger charge is 2.17. The first-order valence-corrected chi connectivity index (χ1v) is 6.65. The van der Waals surface area contributed by atoms with Crippen LogP contribution in [0.1, 0.15) is 0 Å². The first kappa shape index (κ1) is 14.4. The van der Waals surface area contributed by atoms with Crippen molar-refractivity contribution >= 4 is 43.4 Å². The molecular weight excluding hydrogens is 346 g/mol. The molecule has 0 radical (unpaired) electrons. The fraction of sp³-hybridized carbons (Fsp3) is 0.143. The van der Waals surface area contributed by atoms with Gasteiger partial charge < -0.3 is 4.74 Å². The normalized spacial score (nSPS) is 11.6. The van der Waals surface area contributed by atoms with Crippen LogP contribution in [0.4, 0.5) is 14.5 Å². The molecule has 17 heavy (non-hydrogen) atoms. The maximum atomic E-state index is 12.1. The first-order chi connectivity index (χ1) is 7.69. The number of nitrogens with one attached hydrogen (secondary N) is 1. The Kier molecular flexibility index (Phi) is 4.53. The number of benzene rings is 1. The van der Waals surface area contributed by atoms with E-state index in [1.165, 1.54) is 6.07 Å². The second-order valence-corrected chi connectivity index (χ2v) is 5.37. The maximum absolute atomic E-state index is 12.1. The number of anilines is 1. The van der Waals surface area contributed by atoms with E-state index >= 15 is 0 Å². The quantitative estimate of drug-likeness (QED) is 0.873. The van der Waals surface area contributed by atoms with E-state index < -0.39 is 22.6 Å². The Morgan fingerprint density at radius 3 is 2.53 bits per heavy atom. The zero-order chi connectivity index (χ0) is 13.2. The summed E-state index contributed by atoms with van der Waals surface area (Å²) in [5.74, 6) is -0.404. The number of halogens is 4. The van der Waals surface area contributed by atoms with Crippen molar-refractivity contribution < 1.29 is 21.9 Å². The van der Waals surface area contributed by atoms with Gasteiger partial charge in [-0.3, -0.25) is 4.72 Å². The Bertz CT molecular complexity index is 526. The van der Waals surface area contributed by atoms with Gasteiger partial charge in [0.2, 0.25) is 0 Å². The number of hydrogen-bond acceptors (Lipinski definition) is 3. The van der Waals surface area contributed by atoms with Gasteiger partial charge in [0.05, 0.1) is 10.2 Å². The summed E-state index contributed by atoms with van der Waals surface area (Å²) in [6.45, 7) is -3.12. The minimum atomic E-state index is -4.12. The molecule has 0 unspecified atom stereocenters. The molecule has 0 aliphatic heterocycles. The maximum Gasteiger partial charge on any atom is 0.387 e. The van der Waals surface area contributed by atoms with Crippen LogP contribution in [0.15, 0.2) is 16.6 Å². The lowest BCUT2D eigenvalue weighted by molar-refractivity contribution is -0.0498. The highest BCUT2D eigenvalue weighted by Crippen LogP contribution is 2.37. The highest BCUT2D eigenvalue weighted by atomic mass is 79.9. The number of alkyl halides is 2. The molecule has 0 bridgehead atoms. The molecule has 0 fully saturated rings. The van der Waals surface area contributed by atoms with Gasteiger partial charge in [0.1, 0.15) is 0 Å². The van der Waals surface area contributed by atoms with Gasteiger partial charge >= 0.3 is 6.61 Å². The van der Waals surface area contributed by atoms with Gasteiger partial charge in [-0.25, -0.2) is 5.14 Å². The van der Waals surface area contributed by atoms with Crippen LogP contribution in [0.5, 0.6) is 5.75 Å². The second-order valence-electron chi connectivity index (χ2n) is 2.79. The van der Waals surface area contributed by atoms with Crippen LogP contribution >= 0.6 is 27.5 Å². The van der Waals surface area contributed by atoms with Gasteiger partial charge in [0.15, 0.2) is 5.75 Å². The van der Waals surface area contributed by atoms with Crippen molar-refractivity contribution in [3.63, 3.8) is 0 Å². The molecule has 5 nitrogen and oxygen atoms in total. The van der Waals surface area contributed by atoms with E-state index in [4.69, 9.17) is 16.7 Å². The SMILES string of the molecule is NS(=O)(=O)Nc1cc(Cl)cc(Br)c1OC(F)F. The Morgan fingerprint density at radius 1 is 1.47 bits per heavy atom. The lowest BCUT2D eigenvalue weighted by Crippen LogP contribution is -2.22. The molecule has 0 atom stereocenters. The zero-order valence-electron chi connectivity index (χ0n) is 7.95. The number of ether oxygens (including phenoxy) is 1. The first-order valence-electron chi connectivity index (χ1n) is 3.93. The molecule has 0 amide bonds. The molecule has 0 aliphatic rings. The van der Waals surface area contributed by atoms with E-state index in [0.29, 0.717) is 0 Å². The summed E-state index contributed by atoms with van der Waals surface area (Å²) in [6, 6.07) is 2.36. The van der Waals surface area contributed by atoms with Crippen LogP contribution in [-0.4, -0.2) is 15.0 Å².